The fourth-order valence-corrected chi connectivity index (χ4v) is 4.26. The summed E-state index contributed by atoms with van der Waals surface area (Å²) in [5, 5.41) is 12.5. The molecule has 0 saturated heterocycles. The van der Waals surface area contributed by atoms with Crippen LogP contribution >= 0.6 is 0 Å². The lowest BCUT2D eigenvalue weighted by atomic mass is 9.62. The summed E-state index contributed by atoms with van der Waals surface area (Å²) in [6, 6.07) is 1.29. The topological polar surface area (TPSA) is 95.1 Å². The molecule has 6 nitrogen and oxygen atoms in total. The smallest absolute Gasteiger partial charge is 0.270 e. The molecule has 0 unspecified atom stereocenters. The Morgan fingerprint density at radius 1 is 1.32 bits per heavy atom. The van der Waals surface area contributed by atoms with Gasteiger partial charge in [-0.2, -0.15) is 0 Å². The fourth-order valence-electron chi connectivity index (χ4n) is 4.26. The van der Waals surface area contributed by atoms with E-state index >= 15 is 0 Å². The lowest BCUT2D eigenvalue weighted by molar-refractivity contribution is -0.00133. The first-order chi connectivity index (χ1) is 10.7. The first kappa shape index (κ1) is 13.9. The molecule has 3 aliphatic rings. The average Bonchev–Trinajstić information content (AvgIpc) is 3.26. The molecule has 118 valence electrons. The van der Waals surface area contributed by atoms with Crippen LogP contribution in [0.15, 0.2) is 10.9 Å². The number of carbonyl (C=O) groups excluding carboxylic acids is 1. The second-order valence-corrected chi connectivity index (χ2v) is 6.89. The Bertz CT molecular complexity index is 652. The number of hydrogen-bond acceptors (Lipinski definition) is 4. The molecule has 4 rings (SSSR count). The van der Waals surface area contributed by atoms with Gasteiger partial charge in [-0.05, 0) is 37.5 Å². The van der Waals surface area contributed by atoms with Gasteiger partial charge in [0.1, 0.15) is 11.5 Å². The molecule has 1 aromatic rings. The molecule has 1 aromatic heterocycles. The van der Waals surface area contributed by atoms with E-state index in [0.29, 0.717) is 23.6 Å². The average molecular weight is 303 g/mol. The molecule has 0 aromatic carbocycles. The molecule has 4 atom stereocenters. The SMILES string of the molecule is O=C(N[C@H]1[C@@H]2CCC[C@@H]2[C@@H]1CO)c1cc(=O)[nH]c(C2CC2)n1. The molecule has 0 spiro atoms. The summed E-state index contributed by atoms with van der Waals surface area (Å²) in [7, 11) is 0. The summed E-state index contributed by atoms with van der Waals surface area (Å²) < 4.78 is 0. The van der Waals surface area contributed by atoms with Gasteiger partial charge in [0, 0.05) is 30.6 Å². The highest BCUT2D eigenvalue weighted by atomic mass is 16.3. The molecule has 3 N–H and O–H groups in total. The van der Waals surface area contributed by atoms with Crippen molar-refractivity contribution in [3.63, 3.8) is 0 Å². The normalized spacial score (nSPS) is 33.1. The Kier molecular flexibility index (Phi) is 3.29. The molecule has 3 aliphatic carbocycles. The Labute approximate surface area is 128 Å². The maximum atomic E-state index is 12.4. The number of carbonyl (C=O) groups is 1. The van der Waals surface area contributed by atoms with Crippen LogP contribution in [0.5, 0.6) is 0 Å². The Hall–Kier alpha value is -1.69. The molecule has 3 fully saturated rings. The molecule has 0 aliphatic heterocycles. The summed E-state index contributed by atoms with van der Waals surface area (Å²) >= 11 is 0. The standard InChI is InChI=1S/C16H21N3O3/c20-7-11-9-2-1-3-10(9)14(11)19-16(22)12-6-13(21)18-15(17-12)8-4-5-8/h6,8-11,14,20H,1-5,7H2,(H,19,22)(H,17,18,21)/t9-,10+,11-,14-/m0/s1. The van der Waals surface area contributed by atoms with Crippen LogP contribution in [0.25, 0.3) is 0 Å². The van der Waals surface area contributed by atoms with Crippen LogP contribution in [0, 0.1) is 17.8 Å². The summed E-state index contributed by atoms with van der Waals surface area (Å²) in [5.41, 5.74) is -0.0723. The zero-order valence-electron chi connectivity index (χ0n) is 12.4. The van der Waals surface area contributed by atoms with Crippen molar-refractivity contribution in [2.75, 3.05) is 6.61 Å². The van der Waals surface area contributed by atoms with E-state index in [0.717, 1.165) is 25.7 Å². The fraction of sp³-hybridized carbons (Fsp3) is 0.688. The molecular weight excluding hydrogens is 282 g/mol. The van der Waals surface area contributed by atoms with Gasteiger partial charge in [0.25, 0.3) is 11.5 Å². The third-order valence-corrected chi connectivity index (χ3v) is 5.56. The number of nitrogens with one attached hydrogen (secondary N) is 2. The van der Waals surface area contributed by atoms with Gasteiger partial charge < -0.3 is 15.4 Å². The summed E-state index contributed by atoms with van der Waals surface area (Å²) in [4.78, 5) is 31.2. The first-order valence-corrected chi connectivity index (χ1v) is 8.20. The molecule has 3 saturated carbocycles. The van der Waals surface area contributed by atoms with Crippen molar-refractivity contribution in [2.24, 2.45) is 17.8 Å². The Balaban J connectivity index is 1.51. The molecule has 6 heteroatoms. The van der Waals surface area contributed by atoms with Gasteiger partial charge in [-0.1, -0.05) is 6.42 Å². The van der Waals surface area contributed by atoms with Crippen LogP contribution in [0.3, 0.4) is 0 Å². The molecule has 1 amide bonds. The number of amides is 1. The second kappa shape index (κ2) is 5.19. The lowest BCUT2D eigenvalue weighted by Crippen LogP contribution is -2.59. The van der Waals surface area contributed by atoms with Crippen LogP contribution < -0.4 is 10.9 Å². The minimum absolute atomic E-state index is 0.0236. The van der Waals surface area contributed by atoms with E-state index in [1.165, 1.54) is 12.5 Å². The predicted octanol–water partition coefficient (Wildman–Crippen LogP) is 0.784. The van der Waals surface area contributed by atoms with E-state index in [1.54, 1.807) is 0 Å². The van der Waals surface area contributed by atoms with E-state index in [2.05, 4.69) is 15.3 Å². The lowest BCUT2D eigenvalue weighted by Gasteiger charge is -2.48. The van der Waals surface area contributed by atoms with Crippen molar-refractivity contribution in [2.45, 2.75) is 44.1 Å². The minimum Gasteiger partial charge on any atom is -0.396 e. The summed E-state index contributed by atoms with van der Waals surface area (Å²) in [6.07, 6.45) is 5.48. The minimum atomic E-state index is -0.290. The zero-order valence-corrected chi connectivity index (χ0v) is 12.4. The number of aromatic nitrogens is 2. The first-order valence-electron chi connectivity index (χ1n) is 8.20. The van der Waals surface area contributed by atoms with Crippen LogP contribution in [-0.4, -0.2) is 33.6 Å². The highest BCUT2D eigenvalue weighted by Crippen LogP contribution is 2.51. The number of fused-ring (bicyclic) bond motifs is 1. The van der Waals surface area contributed by atoms with E-state index in [4.69, 9.17) is 0 Å². The van der Waals surface area contributed by atoms with Gasteiger partial charge in [0.2, 0.25) is 0 Å². The number of rotatable bonds is 4. The molecule has 0 radical (unpaired) electrons. The van der Waals surface area contributed by atoms with Crippen LogP contribution in [-0.2, 0) is 0 Å². The van der Waals surface area contributed by atoms with Gasteiger partial charge in [0.05, 0.1) is 0 Å². The van der Waals surface area contributed by atoms with Crippen molar-refractivity contribution < 1.29 is 9.90 Å². The number of hydrogen-bond donors (Lipinski definition) is 3. The predicted molar refractivity (Wildman–Crippen MR) is 79.5 cm³/mol. The van der Waals surface area contributed by atoms with Gasteiger partial charge in [-0.3, -0.25) is 9.59 Å². The number of H-pyrrole nitrogens is 1. The summed E-state index contributed by atoms with van der Waals surface area (Å²) in [6.45, 7) is 0.113. The van der Waals surface area contributed by atoms with Crippen molar-refractivity contribution in [1.82, 2.24) is 15.3 Å². The summed E-state index contributed by atoms with van der Waals surface area (Å²) in [5.74, 6) is 1.82. The van der Waals surface area contributed by atoms with Crippen LogP contribution in [0.1, 0.15) is 54.3 Å². The highest BCUT2D eigenvalue weighted by molar-refractivity contribution is 5.92. The van der Waals surface area contributed by atoms with Crippen molar-refractivity contribution in [3.8, 4) is 0 Å². The van der Waals surface area contributed by atoms with E-state index in [9.17, 15) is 14.7 Å². The largest absolute Gasteiger partial charge is 0.396 e. The number of aliphatic hydroxyl groups is 1. The quantitative estimate of drug-likeness (QED) is 0.766. The third kappa shape index (κ3) is 2.26. The number of aromatic amines is 1. The van der Waals surface area contributed by atoms with Gasteiger partial charge in [-0.15, -0.1) is 0 Å². The van der Waals surface area contributed by atoms with Crippen molar-refractivity contribution in [3.05, 3.63) is 27.9 Å². The number of aliphatic hydroxyl groups excluding tert-OH is 1. The highest BCUT2D eigenvalue weighted by Gasteiger charge is 2.52. The van der Waals surface area contributed by atoms with Gasteiger partial charge in [0.15, 0.2) is 0 Å². The van der Waals surface area contributed by atoms with Gasteiger partial charge >= 0.3 is 0 Å². The molecular formula is C16H21N3O3. The van der Waals surface area contributed by atoms with Crippen LogP contribution in [0.2, 0.25) is 0 Å². The van der Waals surface area contributed by atoms with Gasteiger partial charge in [-0.25, -0.2) is 4.98 Å². The zero-order chi connectivity index (χ0) is 15.3. The van der Waals surface area contributed by atoms with E-state index in [-0.39, 0.29) is 35.7 Å². The Morgan fingerprint density at radius 3 is 2.82 bits per heavy atom. The maximum Gasteiger partial charge on any atom is 0.270 e. The van der Waals surface area contributed by atoms with Crippen LogP contribution in [0.4, 0.5) is 0 Å². The van der Waals surface area contributed by atoms with Crippen molar-refractivity contribution in [1.29, 1.82) is 0 Å². The second-order valence-electron chi connectivity index (χ2n) is 6.89. The maximum absolute atomic E-state index is 12.4. The van der Waals surface area contributed by atoms with E-state index < -0.39 is 0 Å². The Morgan fingerprint density at radius 2 is 2.09 bits per heavy atom. The molecule has 1 heterocycles. The molecule has 22 heavy (non-hydrogen) atoms. The van der Waals surface area contributed by atoms with E-state index in [1.807, 2.05) is 0 Å². The monoisotopic (exact) mass is 303 g/mol. The molecule has 0 bridgehead atoms. The third-order valence-electron chi connectivity index (χ3n) is 5.56. The van der Waals surface area contributed by atoms with Crippen molar-refractivity contribution >= 4 is 5.91 Å². The number of nitrogens with zero attached hydrogens (tertiary/aromatic N) is 1.